The van der Waals surface area contributed by atoms with Crippen LogP contribution in [0.4, 0.5) is 8.78 Å². The summed E-state index contributed by atoms with van der Waals surface area (Å²) in [7, 11) is 0. The Bertz CT molecular complexity index is 1280. The zero-order valence-electron chi connectivity index (χ0n) is 22.4. The Morgan fingerprint density at radius 3 is 2.35 bits per heavy atom. The van der Waals surface area contributed by atoms with Crippen molar-refractivity contribution in [3.8, 4) is 5.75 Å². The number of aromatic nitrogens is 1. The van der Waals surface area contributed by atoms with Crippen molar-refractivity contribution in [3.05, 3.63) is 62.8 Å². The van der Waals surface area contributed by atoms with Crippen molar-refractivity contribution >= 4 is 61.4 Å². The van der Waals surface area contributed by atoms with Crippen LogP contribution in [0.25, 0.3) is 10.2 Å². The van der Waals surface area contributed by atoms with Crippen LogP contribution >= 0.6 is 45.3 Å². The summed E-state index contributed by atoms with van der Waals surface area (Å²) in [5, 5.41) is 10.1. The molecule has 1 fully saturated rings. The Morgan fingerprint density at radius 1 is 0.975 bits per heavy atom. The van der Waals surface area contributed by atoms with Gasteiger partial charge in [-0.15, -0.1) is 34.0 Å². The van der Waals surface area contributed by atoms with Gasteiger partial charge in [-0.2, -0.15) is 0 Å². The van der Waals surface area contributed by atoms with Crippen LogP contribution in [-0.4, -0.2) is 64.6 Å². The van der Waals surface area contributed by atoms with Gasteiger partial charge in [-0.3, -0.25) is 14.5 Å². The lowest BCUT2D eigenvalue weighted by Gasteiger charge is -2.36. The number of phenols is 1. The fraction of sp³-hybridized carbons (Fsp3) is 0.500. The minimum atomic E-state index is -0.595. The molecule has 12 heteroatoms. The van der Waals surface area contributed by atoms with Gasteiger partial charge in [0.1, 0.15) is 22.9 Å². The number of hydrogen-bond donors (Lipinski definition) is 3. The average Bonchev–Trinajstić information content (AvgIpc) is 3.28. The number of H-pyrrole nitrogens is 1. The topological polar surface area (TPSA) is 103 Å². The van der Waals surface area contributed by atoms with Crippen LogP contribution in [0.2, 0.25) is 0 Å². The number of fused-ring (bicyclic) bond motifs is 1. The fourth-order valence-electron chi connectivity index (χ4n) is 5.37. The standard InChI is InChI=1S/C28H36F2N4O3S.2BrH/c29-21-16-19(17-22(30)18-21)8-11-33(12-10-25(31)36)14-15-34(23-4-2-1-3-5-23)13-9-20-6-7-24(35)26-27(20)38-28(37)32-26;;/h6-7,16-18,23,35H,1-5,8-15H2,(H2,31,36)(H,32,37);2*1H. The second-order valence-corrected chi connectivity index (χ2v) is 11.1. The molecule has 2 aromatic carbocycles. The molecule has 0 spiro atoms. The fourth-order valence-corrected chi connectivity index (χ4v) is 6.27. The van der Waals surface area contributed by atoms with E-state index in [1.54, 1.807) is 6.07 Å². The molecule has 40 heavy (non-hydrogen) atoms. The van der Waals surface area contributed by atoms with Crippen LogP contribution in [0.3, 0.4) is 0 Å². The molecule has 0 radical (unpaired) electrons. The highest BCUT2D eigenvalue weighted by atomic mass is 79.9. The molecule has 4 N–H and O–H groups in total. The third kappa shape index (κ3) is 9.90. The van der Waals surface area contributed by atoms with Crippen LogP contribution < -0.4 is 10.6 Å². The minimum Gasteiger partial charge on any atom is -0.506 e. The highest BCUT2D eigenvalue weighted by molar-refractivity contribution is 8.93. The van der Waals surface area contributed by atoms with E-state index in [0.29, 0.717) is 43.2 Å². The number of nitrogens with two attached hydrogens (primary N) is 1. The van der Waals surface area contributed by atoms with E-state index in [9.17, 15) is 23.5 Å². The Balaban J connectivity index is 0.00000280. The van der Waals surface area contributed by atoms with Gasteiger partial charge in [-0.05, 0) is 55.0 Å². The molecule has 3 aromatic rings. The number of amides is 1. The molecule has 4 rings (SSSR count). The van der Waals surface area contributed by atoms with Gasteiger partial charge >= 0.3 is 4.87 Å². The van der Waals surface area contributed by atoms with Crippen molar-refractivity contribution in [2.24, 2.45) is 5.73 Å². The lowest BCUT2D eigenvalue weighted by atomic mass is 9.93. The van der Waals surface area contributed by atoms with Crippen molar-refractivity contribution in [3.63, 3.8) is 0 Å². The predicted octanol–water partition coefficient (Wildman–Crippen LogP) is 5.33. The van der Waals surface area contributed by atoms with Crippen LogP contribution in [-0.2, 0) is 17.6 Å². The zero-order chi connectivity index (χ0) is 27.1. The first-order valence-electron chi connectivity index (χ1n) is 13.3. The number of primary amides is 1. The summed E-state index contributed by atoms with van der Waals surface area (Å²) in [4.78, 5) is 30.6. The minimum absolute atomic E-state index is 0. The van der Waals surface area contributed by atoms with E-state index < -0.39 is 11.6 Å². The van der Waals surface area contributed by atoms with E-state index in [-0.39, 0.29) is 56.9 Å². The summed E-state index contributed by atoms with van der Waals surface area (Å²) in [6.45, 7) is 3.33. The normalized spacial score (nSPS) is 13.9. The monoisotopic (exact) mass is 706 g/mol. The number of rotatable bonds is 13. The molecule has 1 aliphatic carbocycles. The van der Waals surface area contributed by atoms with Gasteiger partial charge in [0.2, 0.25) is 5.91 Å². The van der Waals surface area contributed by atoms with E-state index in [1.165, 1.54) is 31.4 Å². The smallest absolute Gasteiger partial charge is 0.305 e. The molecule has 1 aliphatic rings. The number of nitrogens with zero attached hydrogens (tertiary/aromatic N) is 2. The number of carbonyl (C=O) groups is 1. The van der Waals surface area contributed by atoms with Crippen molar-refractivity contribution in [1.82, 2.24) is 14.8 Å². The molecule has 0 aliphatic heterocycles. The van der Waals surface area contributed by atoms with E-state index in [0.717, 1.165) is 60.0 Å². The molecule has 0 bridgehead atoms. The molecular weight excluding hydrogens is 670 g/mol. The van der Waals surface area contributed by atoms with Gasteiger partial charge in [0.25, 0.3) is 0 Å². The van der Waals surface area contributed by atoms with E-state index in [1.807, 2.05) is 6.07 Å². The first-order chi connectivity index (χ1) is 18.3. The molecule has 1 amide bonds. The number of benzene rings is 2. The van der Waals surface area contributed by atoms with Crippen LogP contribution in [0.15, 0.2) is 35.1 Å². The first kappa shape index (κ1) is 34.3. The summed E-state index contributed by atoms with van der Waals surface area (Å²) in [5.41, 5.74) is 7.52. The van der Waals surface area contributed by atoms with Crippen LogP contribution in [0.1, 0.15) is 49.7 Å². The summed E-state index contributed by atoms with van der Waals surface area (Å²) < 4.78 is 28.1. The highest BCUT2D eigenvalue weighted by Gasteiger charge is 2.22. The second-order valence-electron chi connectivity index (χ2n) is 10.1. The van der Waals surface area contributed by atoms with Gasteiger partial charge in [-0.25, -0.2) is 8.78 Å². The maximum atomic E-state index is 13.7. The highest BCUT2D eigenvalue weighted by Crippen LogP contribution is 2.29. The number of aromatic amines is 1. The van der Waals surface area contributed by atoms with Crippen LogP contribution in [0, 0.1) is 11.6 Å². The number of carbonyl (C=O) groups excluding carboxylic acids is 1. The molecule has 0 saturated heterocycles. The number of phenolic OH excluding ortho intramolecular Hbond substituents is 1. The van der Waals surface area contributed by atoms with Crippen molar-refractivity contribution in [2.75, 3.05) is 32.7 Å². The van der Waals surface area contributed by atoms with Gasteiger partial charge in [0, 0.05) is 51.3 Å². The summed E-state index contributed by atoms with van der Waals surface area (Å²) in [6, 6.07) is 7.53. The number of halogens is 4. The summed E-state index contributed by atoms with van der Waals surface area (Å²) in [5.74, 6) is -1.49. The Kier molecular flexibility index (Phi) is 14.2. The van der Waals surface area contributed by atoms with Gasteiger partial charge in [0.15, 0.2) is 0 Å². The molecular formula is C28H38Br2F2N4O3S. The van der Waals surface area contributed by atoms with Gasteiger partial charge in [-0.1, -0.05) is 36.7 Å². The Labute approximate surface area is 258 Å². The first-order valence-corrected chi connectivity index (χ1v) is 14.1. The number of thiazole rings is 1. The Morgan fingerprint density at radius 2 is 1.68 bits per heavy atom. The third-order valence-corrected chi connectivity index (χ3v) is 8.37. The van der Waals surface area contributed by atoms with Crippen molar-refractivity contribution in [2.45, 2.75) is 57.4 Å². The second kappa shape index (κ2) is 16.5. The van der Waals surface area contributed by atoms with E-state index in [2.05, 4.69) is 14.8 Å². The summed E-state index contributed by atoms with van der Waals surface area (Å²) in [6.07, 6.45) is 7.33. The van der Waals surface area contributed by atoms with Gasteiger partial charge < -0.3 is 20.7 Å². The van der Waals surface area contributed by atoms with Gasteiger partial charge in [0.05, 0.1) is 4.70 Å². The van der Waals surface area contributed by atoms with E-state index >= 15 is 0 Å². The molecule has 222 valence electrons. The molecule has 7 nitrogen and oxygen atoms in total. The largest absolute Gasteiger partial charge is 0.506 e. The molecule has 0 unspecified atom stereocenters. The molecule has 1 saturated carbocycles. The SMILES string of the molecule is Br.Br.NC(=O)CCN(CCc1cc(F)cc(F)c1)CCN(CCc1ccc(O)c2[nH]c(=O)sc12)C1CCCCC1. The quantitative estimate of drug-likeness (QED) is 0.223. The number of aromatic hydroxyl groups is 1. The maximum absolute atomic E-state index is 13.7. The maximum Gasteiger partial charge on any atom is 0.305 e. The average molecular weight is 709 g/mol. The number of nitrogens with one attached hydrogen (secondary N) is 1. The summed E-state index contributed by atoms with van der Waals surface area (Å²) >= 11 is 1.12. The van der Waals surface area contributed by atoms with Crippen LogP contribution in [0.5, 0.6) is 5.75 Å². The molecule has 1 heterocycles. The lowest BCUT2D eigenvalue weighted by Crippen LogP contribution is -2.44. The van der Waals surface area contributed by atoms with Crippen molar-refractivity contribution in [1.29, 1.82) is 0 Å². The number of hydrogen-bond acceptors (Lipinski definition) is 6. The molecule has 0 atom stereocenters. The zero-order valence-corrected chi connectivity index (χ0v) is 26.6. The predicted molar refractivity (Wildman–Crippen MR) is 167 cm³/mol. The van der Waals surface area contributed by atoms with Crippen molar-refractivity contribution < 1.29 is 18.7 Å². The van der Waals surface area contributed by atoms with E-state index in [4.69, 9.17) is 5.73 Å². The third-order valence-electron chi connectivity index (χ3n) is 7.42. The Hall–Kier alpha value is -1.86. The lowest BCUT2D eigenvalue weighted by molar-refractivity contribution is -0.118. The molecule has 1 aromatic heterocycles.